The second-order valence-corrected chi connectivity index (χ2v) is 3.19. The molecule has 16 heavy (non-hydrogen) atoms. The largest absolute Gasteiger partial charge is 0.468 e. The van der Waals surface area contributed by atoms with Gasteiger partial charge in [0.1, 0.15) is 6.42 Å². The van der Waals surface area contributed by atoms with Crippen molar-refractivity contribution in [1.82, 2.24) is 10.2 Å². The molecule has 1 aromatic carbocycles. The van der Waals surface area contributed by atoms with Crippen molar-refractivity contribution >= 4 is 16.9 Å². The number of fused-ring (bicyclic) bond motifs is 1. The van der Waals surface area contributed by atoms with Gasteiger partial charge < -0.3 is 4.74 Å². The number of hydrogen-bond donors (Lipinski definition) is 1. The molecular weight excluding hydrogens is 204 g/mol. The SMILES string of the molecule is COC(=O)CC#Cc1cccc2[nH]ncc12. The van der Waals surface area contributed by atoms with Gasteiger partial charge in [-0.3, -0.25) is 9.89 Å². The molecule has 0 aliphatic heterocycles. The van der Waals surface area contributed by atoms with Crippen LogP contribution in [0.15, 0.2) is 24.4 Å². The molecule has 0 atom stereocenters. The van der Waals surface area contributed by atoms with Gasteiger partial charge in [0.15, 0.2) is 0 Å². The van der Waals surface area contributed by atoms with Gasteiger partial charge >= 0.3 is 5.97 Å². The van der Waals surface area contributed by atoms with E-state index in [-0.39, 0.29) is 12.4 Å². The predicted octanol–water partition coefficient (Wildman–Crippen LogP) is 1.48. The van der Waals surface area contributed by atoms with Crippen molar-refractivity contribution in [3.63, 3.8) is 0 Å². The molecule has 4 nitrogen and oxygen atoms in total. The number of benzene rings is 1. The third-order valence-corrected chi connectivity index (χ3v) is 2.17. The molecule has 0 radical (unpaired) electrons. The molecule has 0 aliphatic rings. The van der Waals surface area contributed by atoms with Crippen molar-refractivity contribution in [3.8, 4) is 11.8 Å². The van der Waals surface area contributed by atoms with Gasteiger partial charge in [-0.15, -0.1) is 0 Å². The number of ether oxygens (including phenoxy) is 1. The first-order chi connectivity index (χ1) is 7.81. The van der Waals surface area contributed by atoms with Crippen molar-refractivity contribution in [3.05, 3.63) is 30.0 Å². The standard InChI is InChI=1S/C12H10N2O2/c1-16-12(15)7-3-5-9-4-2-6-11-10(9)8-13-14-11/h2,4,6,8H,7H2,1H3,(H,13,14). The van der Waals surface area contributed by atoms with Crippen LogP contribution in [0.1, 0.15) is 12.0 Å². The van der Waals surface area contributed by atoms with Crippen LogP contribution in [0, 0.1) is 11.8 Å². The number of aromatic nitrogens is 2. The number of hydrogen-bond acceptors (Lipinski definition) is 3. The highest BCUT2D eigenvalue weighted by Gasteiger charge is 1.99. The van der Waals surface area contributed by atoms with Crippen molar-refractivity contribution in [2.75, 3.05) is 7.11 Å². The second-order valence-electron chi connectivity index (χ2n) is 3.19. The highest BCUT2D eigenvalue weighted by Crippen LogP contribution is 2.14. The molecule has 0 saturated carbocycles. The number of methoxy groups -OCH3 is 1. The number of rotatable bonds is 1. The first kappa shape index (κ1) is 10.2. The maximum Gasteiger partial charge on any atom is 0.317 e. The molecule has 0 aliphatic carbocycles. The number of nitrogens with zero attached hydrogens (tertiary/aromatic N) is 1. The Morgan fingerprint density at radius 2 is 2.44 bits per heavy atom. The van der Waals surface area contributed by atoms with E-state index < -0.39 is 0 Å². The minimum Gasteiger partial charge on any atom is -0.468 e. The summed E-state index contributed by atoms with van der Waals surface area (Å²) in [6, 6.07) is 5.71. The van der Waals surface area contributed by atoms with Crippen molar-refractivity contribution in [1.29, 1.82) is 0 Å². The average molecular weight is 214 g/mol. The van der Waals surface area contributed by atoms with Crippen molar-refractivity contribution in [2.45, 2.75) is 6.42 Å². The maximum absolute atomic E-state index is 10.9. The lowest BCUT2D eigenvalue weighted by Gasteiger charge is -1.92. The monoisotopic (exact) mass is 214 g/mol. The molecular formula is C12H10N2O2. The molecule has 0 amide bonds. The molecule has 80 valence electrons. The lowest BCUT2D eigenvalue weighted by molar-refractivity contribution is -0.139. The highest BCUT2D eigenvalue weighted by molar-refractivity contribution is 5.84. The molecule has 2 rings (SSSR count). The topological polar surface area (TPSA) is 55.0 Å². The number of esters is 1. The summed E-state index contributed by atoms with van der Waals surface area (Å²) in [6.07, 6.45) is 1.82. The summed E-state index contributed by atoms with van der Waals surface area (Å²) in [6.45, 7) is 0. The van der Waals surface area contributed by atoms with Gasteiger partial charge in [-0.05, 0) is 12.1 Å². The quantitative estimate of drug-likeness (QED) is 0.577. The molecule has 0 fully saturated rings. The predicted molar refractivity (Wildman–Crippen MR) is 59.6 cm³/mol. The summed E-state index contributed by atoms with van der Waals surface area (Å²) in [5, 5.41) is 7.76. The Bertz CT molecular complexity index is 575. The summed E-state index contributed by atoms with van der Waals surface area (Å²) >= 11 is 0. The second kappa shape index (κ2) is 4.49. The van der Waals surface area contributed by atoms with Gasteiger partial charge in [0, 0.05) is 10.9 Å². The van der Waals surface area contributed by atoms with Crippen LogP contribution in [0.2, 0.25) is 0 Å². The van der Waals surface area contributed by atoms with Gasteiger partial charge in [0.25, 0.3) is 0 Å². The first-order valence-corrected chi connectivity index (χ1v) is 4.79. The van der Waals surface area contributed by atoms with E-state index in [0.29, 0.717) is 0 Å². The Morgan fingerprint density at radius 1 is 1.56 bits per heavy atom. The van der Waals surface area contributed by atoms with Crippen LogP contribution in [-0.2, 0) is 9.53 Å². The van der Waals surface area contributed by atoms with E-state index in [4.69, 9.17) is 0 Å². The van der Waals surface area contributed by atoms with Gasteiger partial charge in [-0.2, -0.15) is 5.10 Å². The molecule has 0 saturated heterocycles. The molecule has 4 heteroatoms. The van der Waals surface area contributed by atoms with Gasteiger partial charge in [-0.1, -0.05) is 17.9 Å². The third-order valence-electron chi connectivity index (χ3n) is 2.17. The molecule has 1 N–H and O–H groups in total. The fraction of sp³-hybridized carbons (Fsp3) is 0.167. The number of carbonyl (C=O) groups excluding carboxylic acids is 1. The van der Waals surface area contributed by atoms with Gasteiger partial charge in [-0.25, -0.2) is 0 Å². The van der Waals surface area contributed by atoms with Crippen LogP contribution in [0.3, 0.4) is 0 Å². The summed E-state index contributed by atoms with van der Waals surface area (Å²) in [5.74, 6) is 5.37. The van der Waals surface area contributed by atoms with Crippen molar-refractivity contribution in [2.24, 2.45) is 0 Å². The third kappa shape index (κ3) is 2.04. The van der Waals surface area contributed by atoms with E-state index in [1.54, 1.807) is 6.20 Å². The molecule has 0 unspecified atom stereocenters. The van der Waals surface area contributed by atoms with Gasteiger partial charge in [0.2, 0.25) is 0 Å². The van der Waals surface area contributed by atoms with E-state index in [2.05, 4.69) is 26.8 Å². The molecule has 2 aromatic rings. The average Bonchev–Trinajstić information content (AvgIpc) is 2.77. The first-order valence-electron chi connectivity index (χ1n) is 4.79. The van der Waals surface area contributed by atoms with Crippen LogP contribution in [0.4, 0.5) is 0 Å². The number of nitrogens with one attached hydrogen (secondary N) is 1. The van der Waals surface area contributed by atoms with E-state index in [1.807, 2.05) is 18.2 Å². The summed E-state index contributed by atoms with van der Waals surface area (Å²) in [7, 11) is 1.35. The van der Waals surface area contributed by atoms with E-state index >= 15 is 0 Å². The summed E-state index contributed by atoms with van der Waals surface area (Å²) in [4.78, 5) is 10.9. The van der Waals surface area contributed by atoms with E-state index in [9.17, 15) is 4.79 Å². The highest BCUT2D eigenvalue weighted by atomic mass is 16.5. The zero-order valence-corrected chi connectivity index (χ0v) is 8.78. The molecule has 1 heterocycles. The van der Waals surface area contributed by atoms with Crippen LogP contribution >= 0.6 is 0 Å². The van der Waals surface area contributed by atoms with Crippen LogP contribution < -0.4 is 0 Å². The Labute approximate surface area is 92.6 Å². The number of H-pyrrole nitrogens is 1. The molecule has 0 spiro atoms. The number of aromatic amines is 1. The molecule has 0 bridgehead atoms. The minimum atomic E-state index is -0.327. The Balaban J connectivity index is 2.27. The van der Waals surface area contributed by atoms with Gasteiger partial charge in [0.05, 0.1) is 18.8 Å². The number of carbonyl (C=O) groups is 1. The van der Waals surface area contributed by atoms with E-state index in [0.717, 1.165) is 16.5 Å². The summed E-state index contributed by atoms with van der Waals surface area (Å²) < 4.78 is 4.50. The minimum absolute atomic E-state index is 0.102. The lowest BCUT2D eigenvalue weighted by atomic mass is 10.1. The molecule has 1 aromatic heterocycles. The zero-order chi connectivity index (χ0) is 11.4. The van der Waals surface area contributed by atoms with Crippen LogP contribution in [0.25, 0.3) is 10.9 Å². The van der Waals surface area contributed by atoms with E-state index in [1.165, 1.54) is 7.11 Å². The Kier molecular flexibility index (Phi) is 2.88. The lowest BCUT2D eigenvalue weighted by Crippen LogP contribution is -1.97. The van der Waals surface area contributed by atoms with Crippen molar-refractivity contribution < 1.29 is 9.53 Å². The Hall–Kier alpha value is -2.28. The maximum atomic E-state index is 10.9. The fourth-order valence-corrected chi connectivity index (χ4v) is 1.36. The zero-order valence-electron chi connectivity index (χ0n) is 8.78. The summed E-state index contributed by atoms with van der Waals surface area (Å²) in [5.41, 5.74) is 1.79. The smallest absolute Gasteiger partial charge is 0.317 e. The normalized spacial score (nSPS) is 9.56. The fourth-order valence-electron chi connectivity index (χ4n) is 1.36. The van der Waals surface area contributed by atoms with Crippen LogP contribution in [-0.4, -0.2) is 23.3 Å². The van der Waals surface area contributed by atoms with Crippen LogP contribution in [0.5, 0.6) is 0 Å². The Morgan fingerprint density at radius 3 is 3.25 bits per heavy atom.